The molecule has 0 amide bonds. The van der Waals surface area contributed by atoms with Crippen molar-refractivity contribution in [2.45, 2.75) is 0 Å². The summed E-state index contributed by atoms with van der Waals surface area (Å²) in [4.78, 5) is 4.96. The van der Waals surface area contributed by atoms with Gasteiger partial charge in [-0.25, -0.2) is 4.98 Å². The predicted molar refractivity (Wildman–Crippen MR) is 48.4 cm³/mol. The largest absolute Gasteiger partial charge is 0.473 e. The van der Waals surface area contributed by atoms with Gasteiger partial charge in [-0.05, 0) is 5.57 Å². The Hall–Kier alpha value is -0.540. The molecule has 0 atom stereocenters. The number of hydrogen-bond acceptors (Lipinski definition) is 3. The molecule has 11 heavy (non-hydrogen) atoms. The summed E-state index contributed by atoms with van der Waals surface area (Å²) in [6.07, 6.45) is 1.72. The van der Waals surface area contributed by atoms with E-state index in [1.165, 1.54) is 11.3 Å². The lowest BCUT2D eigenvalue weighted by atomic mass is 10.3. The van der Waals surface area contributed by atoms with Gasteiger partial charge >= 0.3 is 0 Å². The van der Waals surface area contributed by atoms with Crippen molar-refractivity contribution < 1.29 is 4.74 Å². The average Bonchev–Trinajstić information content (AvgIpc) is 2.50. The van der Waals surface area contributed by atoms with E-state index in [2.05, 4.69) is 11.6 Å². The number of allylic oxidation sites excluding steroid dienone is 1. The van der Waals surface area contributed by atoms with E-state index >= 15 is 0 Å². The van der Waals surface area contributed by atoms with Crippen molar-refractivity contribution in [3.63, 3.8) is 0 Å². The highest BCUT2D eigenvalue weighted by Crippen LogP contribution is 2.25. The number of methoxy groups -OCH3 is 1. The number of ether oxygens (including phenoxy) is 1. The van der Waals surface area contributed by atoms with Crippen molar-refractivity contribution in [2.75, 3.05) is 13.0 Å². The highest BCUT2D eigenvalue weighted by Gasteiger charge is 2.03. The Morgan fingerprint density at radius 3 is 3.09 bits per heavy atom. The molecule has 0 bridgehead atoms. The van der Waals surface area contributed by atoms with Crippen molar-refractivity contribution in [1.29, 1.82) is 0 Å². The molecule has 60 valence electrons. The van der Waals surface area contributed by atoms with Gasteiger partial charge in [-0.1, -0.05) is 17.9 Å². The van der Waals surface area contributed by atoms with E-state index in [9.17, 15) is 0 Å². The van der Waals surface area contributed by atoms with Gasteiger partial charge in [0.25, 0.3) is 5.19 Å². The number of halogens is 1. The minimum absolute atomic E-state index is 0.436. The normalized spacial score (nSPS) is 9.64. The highest BCUT2D eigenvalue weighted by atomic mass is 35.5. The van der Waals surface area contributed by atoms with Crippen molar-refractivity contribution in [1.82, 2.24) is 4.98 Å². The van der Waals surface area contributed by atoms with Gasteiger partial charge in [-0.2, -0.15) is 0 Å². The van der Waals surface area contributed by atoms with Crippen LogP contribution in [0.25, 0.3) is 5.57 Å². The minimum Gasteiger partial charge on any atom is -0.473 e. The molecule has 0 saturated heterocycles. The molecule has 0 aliphatic carbocycles. The van der Waals surface area contributed by atoms with Crippen LogP contribution < -0.4 is 4.74 Å². The summed E-state index contributed by atoms with van der Waals surface area (Å²) in [6.45, 7) is 3.77. The fraction of sp³-hybridized carbons (Fsp3) is 0.286. The van der Waals surface area contributed by atoms with Crippen LogP contribution in [0.4, 0.5) is 0 Å². The van der Waals surface area contributed by atoms with Crippen LogP contribution in [0.1, 0.15) is 4.88 Å². The molecule has 1 aromatic rings. The van der Waals surface area contributed by atoms with E-state index in [0.29, 0.717) is 11.1 Å². The van der Waals surface area contributed by atoms with Crippen molar-refractivity contribution in [3.05, 3.63) is 17.7 Å². The zero-order valence-electron chi connectivity index (χ0n) is 6.13. The molecule has 1 aromatic heterocycles. The summed E-state index contributed by atoms with van der Waals surface area (Å²) in [7, 11) is 1.59. The van der Waals surface area contributed by atoms with Gasteiger partial charge in [-0.15, -0.1) is 11.6 Å². The molecule has 0 saturated carbocycles. The van der Waals surface area contributed by atoms with Crippen LogP contribution in [-0.4, -0.2) is 18.0 Å². The molecular weight excluding hydrogens is 182 g/mol. The molecule has 1 heterocycles. The van der Waals surface area contributed by atoms with Gasteiger partial charge in [0, 0.05) is 12.1 Å². The lowest BCUT2D eigenvalue weighted by Crippen LogP contribution is -1.77. The molecule has 0 fully saturated rings. The Labute approximate surface area is 74.5 Å². The van der Waals surface area contributed by atoms with E-state index < -0.39 is 0 Å². The van der Waals surface area contributed by atoms with E-state index in [1.807, 2.05) is 0 Å². The number of thiazole rings is 1. The summed E-state index contributed by atoms with van der Waals surface area (Å²) in [5.74, 6) is 0.436. The quantitative estimate of drug-likeness (QED) is 0.682. The van der Waals surface area contributed by atoms with Crippen LogP contribution in [0.5, 0.6) is 5.19 Å². The molecular formula is C7H8ClNOS. The average molecular weight is 190 g/mol. The molecule has 0 spiro atoms. The Morgan fingerprint density at radius 1 is 1.91 bits per heavy atom. The van der Waals surface area contributed by atoms with Crippen LogP contribution in [-0.2, 0) is 0 Å². The minimum atomic E-state index is 0.436. The summed E-state index contributed by atoms with van der Waals surface area (Å²) in [5.41, 5.74) is 0.882. The third kappa shape index (κ3) is 1.94. The summed E-state index contributed by atoms with van der Waals surface area (Å²) < 4.78 is 4.91. The van der Waals surface area contributed by atoms with Crippen molar-refractivity contribution in [2.24, 2.45) is 0 Å². The number of nitrogens with zero attached hydrogens (tertiary/aromatic N) is 1. The van der Waals surface area contributed by atoms with E-state index in [-0.39, 0.29) is 0 Å². The predicted octanol–water partition coefficient (Wildman–Crippen LogP) is 2.40. The standard InChI is InChI=1S/C7H8ClNOS/c1-5(3-8)6-4-9-7(10-2)11-6/h4H,1,3H2,2H3. The van der Waals surface area contributed by atoms with Gasteiger partial charge in [-0.3, -0.25) is 0 Å². The zero-order valence-corrected chi connectivity index (χ0v) is 7.71. The molecule has 1 rings (SSSR count). The van der Waals surface area contributed by atoms with Crippen LogP contribution in [0, 0.1) is 0 Å². The maximum Gasteiger partial charge on any atom is 0.273 e. The Morgan fingerprint density at radius 2 is 2.64 bits per heavy atom. The molecule has 0 aliphatic rings. The first kappa shape index (κ1) is 8.56. The number of rotatable bonds is 3. The third-order valence-electron chi connectivity index (χ3n) is 1.17. The van der Waals surface area contributed by atoms with E-state index in [4.69, 9.17) is 16.3 Å². The maximum absolute atomic E-state index is 5.58. The third-order valence-corrected chi connectivity index (χ3v) is 2.55. The van der Waals surface area contributed by atoms with Crippen molar-refractivity contribution >= 4 is 28.5 Å². The summed E-state index contributed by atoms with van der Waals surface area (Å²) in [5, 5.41) is 0.645. The Bertz CT molecular complexity index is 259. The maximum atomic E-state index is 5.58. The monoisotopic (exact) mass is 189 g/mol. The van der Waals surface area contributed by atoms with E-state index in [1.54, 1.807) is 13.3 Å². The smallest absolute Gasteiger partial charge is 0.273 e. The van der Waals surface area contributed by atoms with Gasteiger partial charge < -0.3 is 4.74 Å². The zero-order chi connectivity index (χ0) is 8.27. The number of aromatic nitrogens is 1. The first-order valence-corrected chi connectivity index (χ1v) is 4.37. The molecule has 0 aromatic carbocycles. The van der Waals surface area contributed by atoms with E-state index in [0.717, 1.165) is 10.5 Å². The highest BCUT2D eigenvalue weighted by molar-refractivity contribution is 7.14. The van der Waals surface area contributed by atoms with Crippen molar-refractivity contribution in [3.8, 4) is 5.19 Å². The second kappa shape index (κ2) is 3.74. The fourth-order valence-corrected chi connectivity index (χ4v) is 1.50. The van der Waals surface area contributed by atoms with Crippen LogP contribution in [0.2, 0.25) is 0 Å². The first-order chi connectivity index (χ1) is 5.27. The molecule has 4 heteroatoms. The molecule has 0 unspecified atom stereocenters. The van der Waals surface area contributed by atoms with Gasteiger partial charge in [0.15, 0.2) is 0 Å². The van der Waals surface area contributed by atoms with Crippen LogP contribution in [0.15, 0.2) is 12.8 Å². The van der Waals surface area contributed by atoms with Gasteiger partial charge in [0.05, 0.1) is 12.0 Å². The topological polar surface area (TPSA) is 22.1 Å². The second-order valence-electron chi connectivity index (χ2n) is 1.93. The number of hydrogen-bond donors (Lipinski definition) is 0. The van der Waals surface area contributed by atoms with Crippen LogP contribution in [0.3, 0.4) is 0 Å². The number of alkyl halides is 1. The second-order valence-corrected chi connectivity index (χ2v) is 3.19. The lowest BCUT2D eigenvalue weighted by molar-refractivity contribution is 0.412. The molecule has 0 radical (unpaired) electrons. The summed E-state index contributed by atoms with van der Waals surface area (Å²) in [6, 6.07) is 0. The fourth-order valence-electron chi connectivity index (χ4n) is 0.582. The Balaban J connectivity index is 2.80. The lowest BCUT2D eigenvalue weighted by Gasteiger charge is -1.92. The molecule has 0 aliphatic heterocycles. The SMILES string of the molecule is C=C(CCl)c1cnc(OC)s1. The molecule has 0 N–H and O–H groups in total. The summed E-state index contributed by atoms with van der Waals surface area (Å²) >= 11 is 7.03. The Kier molecular flexibility index (Phi) is 2.91. The van der Waals surface area contributed by atoms with Crippen LogP contribution >= 0.6 is 22.9 Å². The molecule has 2 nitrogen and oxygen atoms in total. The van der Waals surface area contributed by atoms with Gasteiger partial charge in [0.1, 0.15) is 0 Å². The van der Waals surface area contributed by atoms with Gasteiger partial charge in [0.2, 0.25) is 0 Å². The first-order valence-electron chi connectivity index (χ1n) is 3.02.